The summed E-state index contributed by atoms with van der Waals surface area (Å²) in [5.41, 5.74) is 2.19. The number of amides is 1. The van der Waals surface area contributed by atoms with Crippen molar-refractivity contribution in [3.8, 4) is 0 Å². The summed E-state index contributed by atoms with van der Waals surface area (Å²) in [5, 5.41) is 0. The first-order valence-corrected chi connectivity index (χ1v) is 6.84. The Morgan fingerprint density at radius 2 is 1.85 bits per heavy atom. The lowest BCUT2D eigenvalue weighted by atomic mass is 9.95. The third-order valence-corrected chi connectivity index (χ3v) is 3.85. The molecule has 0 aliphatic carbocycles. The smallest absolute Gasteiger partial charge is 0.261 e. The number of halogens is 1. The van der Waals surface area contributed by atoms with Crippen molar-refractivity contribution in [2.45, 2.75) is 25.8 Å². The summed E-state index contributed by atoms with van der Waals surface area (Å²) in [6.45, 7) is 2.01. The van der Waals surface area contributed by atoms with Crippen molar-refractivity contribution in [3.63, 3.8) is 0 Å². The topological polar surface area (TPSA) is 20.3 Å². The van der Waals surface area contributed by atoms with E-state index >= 15 is 0 Å². The maximum atomic E-state index is 13.9. The van der Waals surface area contributed by atoms with Crippen LogP contribution in [-0.2, 0) is 6.42 Å². The summed E-state index contributed by atoms with van der Waals surface area (Å²) < 4.78 is 13.9. The van der Waals surface area contributed by atoms with Crippen molar-refractivity contribution in [2.24, 2.45) is 0 Å². The van der Waals surface area contributed by atoms with Gasteiger partial charge in [-0.1, -0.05) is 30.3 Å². The Hall–Kier alpha value is -2.16. The predicted octanol–water partition coefficient (Wildman–Crippen LogP) is 3.81. The molecule has 102 valence electrons. The number of anilines is 1. The first kappa shape index (κ1) is 12.9. The van der Waals surface area contributed by atoms with E-state index in [1.54, 1.807) is 23.1 Å². The molecule has 0 saturated carbocycles. The third kappa shape index (κ3) is 2.09. The van der Waals surface area contributed by atoms with Gasteiger partial charge in [0.2, 0.25) is 0 Å². The van der Waals surface area contributed by atoms with Crippen LogP contribution < -0.4 is 4.90 Å². The zero-order valence-electron chi connectivity index (χ0n) is 11.3. The van der Waals surface area contributed by atoms with E-state index in [-0.39, 0.29) is 17.5 Å². The van der Waals surface area contributed by atoms with Gasteiger partial charge in [-0.25, -0.2) is 4.39 Å². The van der Waals surface area contributed by atoms with Gasteiger partial charge in [-0.2, -0.15) is 0 Å². The molecule has 1 aliphatic heterocycles. The van der Waals surface area contributed by atoms with Crippen molar-refractivity contribution in [3.05, 3.63) is 65.5 Å². The van der Waals surface area contributed by atoms with Gasteiger partial charge in [-0.15, -0.1) is 0 Å². The fraction of sp³-hybridized carbons (Fsp3) is 0.235. The average molecular weight is 269 g/mol. The van der Waals surface area contributed by atoms with Crippen molar-refractivity contribution >= 4 is 11.6 Å². The number of carbonyl (C=O) groups excluding carboxylic acids is 1. The summed E-state index contributed by atoms with van der Waals surface area (Å²) in [6.07, 6.45) is 1.86. The molecule has 20 heavy (non-hydrogen) atoms. The minimum atomic E-state index is -0.465. The second-order valence-electron chi connectivity index (χ2n) is 5.17. The van der Waals surface area contributed by atoms with E-state index in [9.17, 15) is 9.18 Å². The monoisotopic (exact) mass is 269 g/mol. The maximum absolute atomic E-state index is 13.9. The highest BCUT2D eigenvalue weighted by Gasteiger charge is 2.29. The van der Waals surface area contributed by atoms with Crippen LogP contribution in [0.5, 0.6) is 0 Å². The van der Waals surface area contributed by atoms with Crippen LogP contribution in [0.15, 0.2) is 48.5 Å². The van der Waals surface area contributed by atoms with Gasteiger partial charge in [0.05, 0.1) is 5.56 Å². The molecule has 0 fully saturated rings. The van der Waals surface area contributed by atoms with Crippen LogP contribution in [0.1, 0.15) is 29.3 Å². The normalized spacial score (nSPS) is 17.7. The second-order valence-corrected chi connectivity index (χ2v) is 5.17. The highest BCUT2D eigenvalue weighted by Crippen LogP contribution is 2.32. The largest absolute Gasteiger partial charge is 0.305 e. The Labute approximate surface area is 117 Å². The van der Waals surface area contributed by atoms with Crippen molar-refractivity contribution < 1.29 is 9.18 Å². The minimum absolute atomic E-state index is 0.0806. The van der Waals surface area contributed by atoms with Crippen LogP contribution in [0.3, 0.4) is 0 Å². The predicted molar refractivity (Wildman–Crippen MR) is 77.4 cm³/mol. The third-order valence-electron chi connectivity index (χ3n) is 3.85. The Balaban J connectivity index is 2.05. The molecule has 0 bridgehead atoms. The molecule has 0 radical (unpaired) electrons. The minimum Gasteiger partial charge on any atom is -0.305 e. The molecule has 0 saturated heterocycles. The average Bonchev–Trinajstić information content (AvgIpc) is 2.47. The number of rotatable bonds is 1. The highest BCUT2D eigenvalue weighted by molar-refractivity contribution is 6.07. The second kappa shape index (κ2) is 5.08. The fourth-order valence-electron chi connectivity index (χ4n) is 2.76. The molecular weight excluding hydrogens is 253 g/mol. The van der Waals surface area contributed by atoms with E-state index in [1.165, 1.54) is 6.07 Å². The molecule has 3 rings (SSSR count). The van der Waals surface area contributed by atoms with Crippen LogP contribution in [0, 0.1) is 5.82 Å². The van der Waals surface area contributed by atoms with Crippen LogP contribution in [0.4, 0.5) is 10.1 Å². The highest BCUT2D eigenvalue weighted by atomic mass is 19.1. The SMILES string of the molecule is CC1CCc2ccccc2N1C(=O)c1ccccc1F. The summed E-state index contributed by atoms with van der Waals surface area (Å²) in [4.78, 5) is 14.4. The van der Waals surface area contributed by atoms with Gasteiger partial charge in [-0.05, 0) is 43.5 Å². The maximum Gasteiger partial charge on any atom is 0.261 e. The molecule has 1 unspecified atom stereocenters. The standard InChI is InChI=1S/C17H16FNO/c1-12-10-11-13-6-2-5-9-16(13)19(12)17(20)14-7-3-4-8-15(14)18/h2-9,12H,10-11H2,1H3. The van der Waals surface area contributed by atoms with E-state index in [0.717, 1.165) is 24.1 Å². The van der Waals surface area contributed by atoms with E-state index in [0.29, 0.717) is 0 Å². The molecule has 2 aromatic carbocycles. The van der Waals surface area contributed by atoms with Gasteiger partial charge in [0, 0.05) is 11.7 Å². The lowest BCUT2D eigenvalue weighted by Crippen LogP contribution is -2.42. The van der Waals surface area contributed by atoms with Gasteiger partial charge in [-0.3, -0.25) is 4.79 Å². The molecule has 0 N–H and O–H groups in total. The zero-order chi connectivity index (χ0) is 14.1. The quantitative estimate of drug-likeness (QED) is 0.771. The molecule has 1 aliphatic rings. The molecule has 3 heteroatoms. The summed E-state index contributed by atoms with van der Waals surface area (Å²) >= 11 is 0. The Morgan fingerprint density at radius 3 is 2.65 bits per heavy atom. The van der Waals surface area contributed by atoms with Gasteiger partial charge >= 0.3 is 0 Å². The van der Waals surface area contributed by atoms with E-state index < -0.39 is 5.82 Å². The number of nitrogens with zero attached hydrogens (tertiary/aromatic N) is 1. The number of benzene rings is 2. The molecular formula is C17H16FNO. The summed E-state index contributed by atoms with van der Waals surface area (Å²) in [5.74, 6) is -0.726. The van der Waals surface area contributed by atoms with Crippen LogP contribution in [-0.4, -0.2) is 11.9 Å². The van der Waals surface area contributed by atoms with E-state index in [2.05, 4.69) is 0 Å². The number of hydrogen-bond acceptors (Lipinski definition) is 1. The molecule has 1 atom stereocenters. The molecule has 1 heterocycles. The van der Waals surface area contributed by atoms with Gasteiger partial charge in [0.1, 0.15) is 5.82 Å². The summed E-state index contributed by atoms with van der Waals surface area (Å²) in [6, 6.07) is 14.1. The number of para-hydroxylation sites is 1. The number of aryl methyl sites for hydroxylation is 1. The van der Waals surface area contributed by atoms with Gasteiger partial charge in [0.15, 0.2) is 0 Å². The molecule has 0 aromatic heterocycles. The van der Waals surface area contributed by atoms with Gasteiger partial charge in [0.25, 0.3) is 5.91 Å². The molecule has 1 amide bonds. The lowest BCUT2D eigenvalue weighted by molar-refractivity contribution is 0.0971. The number of hydrogen-bond donors (Lipinski definition) is 0. The first-order chi connectivity index (χ1) is 9.68. The lowest BCUT2D eigenvalue weighted by Gasteiger charge is -2.35. The van der Waals surface area contributed by atoms with Crippen molar-refractivity contribution in [2.75, 3.05) is 4.90 Å². The zero-order valence-corrected chi connectivity index (χ0v) is 11.3. The summed E-state index contributed by atoms with van der Waals surface area (Å²) in [7, 11) is 0. The van der Waals surface area contributed by atoms with Crippen LogP contribution in [0.25, 0.3) is 0 Å². The van der Waals surface area contributed by atoms with E-state index in [4.69, 9.17) is 0 Å². The van der Waals surface area contributed by atoms with E-state index in [1.807, 2.05) is 31.2 Å². The van der Waals surface area contributed by atoms with Crippen molar-refractivity contribution in [1.82, 2.24) is 0 Å². The Morgan fingerprint density at radius 1 is 1.15 bits per heavy atom. The molecule has 2 aromatic rings. The fourth-order valence-corrected chi connectivity index (χ4v) is 2.76. The Bertz CT molecular complexity index is 653. The first-order valence-electron chi connectivity index (χ1n) is 6.84. The van der Waals surface area contributed by atoms with Crippen molar-refractivity contribution in [1.29, 1.82) is 0 Å². The molecule has 0 spiro atoms. The number of fused-ring (bicyclic) bond motifs is 1. The Kier molecular flexibility index (Phi) is 3.26. The molecule has 2 nitrogen and oxygen atoms in total. The van der Waals surface area contributed by atoms with Gasteiger partial charge < -0.3 is 4.90 Å². The van der Waals surface area contributed by atoms with Crippen LogP contribution in [0.2, 0.25) is 0 Å². The van der Waals surface area contributed by atoms with Crippen LogP contribution >= 0.6 is 0 Å². The number of carbonyl (C=O) groups is 1.